The van der Waals surface area contributed by atoms with Gasteiger partial charge in [0.25, 0.3) is 5.91 Å². The second-order valence-corrected chi connectivity index (χ2v) is 7.96. The zero-order valence-corrected chi connectivity index (χ0v) is 16.2. The van der Waals surface area contributed by atoms with Gasteiger partial charge in [-0.3, -0.25) is 9.10 Å². The summed E-state index contributed by atoms with van der Waals surface area (Å²) in [6, 6.07) is 13.9. The van der Waals surface area contributed by atoms with Crippen LogP contribution in [0.25, 0.3) is 0 Å². The van der Waals surface area contributed by atoms with E-state index in [0.29, 0.717) is 17.9 Å². The Morgan fingerprint density at radius 3 is 2.35 bits per heavy atom. The van der Waals surface area contributed by atoms with E-state index in [4.69, 9.17) is 4.74 Å². The fourth-order valence-electron chi connectivity index (χ4n) is 2.50. The number of amides is 1. The first-order chi connectivity index (χ1) is 12.2. The van der Waals surface area contributed by atoms with E-state index in [1.165, 1.54) is 7.05 Å². The van der Waals surface area contributed by atoms with E-state index >= 15 is 0 Å². The van der Waals surface area contributed by atoms with Crippen molar-refractivity contribution >= 4 is 21.6 Å². The Bertz CT molecular complexity index is 863. The van der Waals surface area contributed by atoms with Crippen LogP contribution in [0.4, 0.5) is 5.69 Å². The van der Waals surface area contributed by atoms with Crippen molar-refractivity contribution in [2.45, 2.75) is 19.9 Å². The smallest absolute Gasteiger partial charge is 0.253 e. The molecular weight excluding hydrogens is 352 g/mol. The maximum atomic E-state index is 12.7. The minimum Gasteiger partial charge on any atom is -0.494 e. The minimum absolute atomic E-state index is 0.241. The highest BCUT2D eigenvalue weighted by atomic mass is 32.2. The molecule has 1 atom stereocenters. The Hall–Kier alpha value is -2.54. The van der Waals surface area contributed by atoms with Crippen molar-refractivity contribution in [1.29, 1.82) is 0 Å². The first-order valence-electron chi connectivity index (χ1n) is 8.30. The van der Waals surface area contributed by atoms with Gasteiger partial charge in [-0.05, 0) is 43.7 Å². The summed E-state index contributed by atoms with van der Waals surface area (Å²) >= 11 is 0. The number of sulfonamides is 1. The average Bonchev–Trinajstić information content (AvgIpc) is 2.61. The lowest BCUT2D eigenvalue weighted by Gasteiger charge is -2.21. The Labute approximate surface area is 154 Å². The van der Waals surface area contributed by atoms with Gasteiger partial charge in [-0.2, -0.15) is 0 Å². The molecule has 0 aromatic heterocycles. The van der Waals surface area contributed by atoms with Gasteiger partial charge in [0.1, 0.15) is 5.75 Å². The van der Waals surface area contributed by atoms with Crippen LogP contribution in [0.3, 0.4) is 0 Å². The topological polar surface area (TPSA) is 75.7 Å². The molecule has 0 radical (unpaired) electrons. The third kappa shape index (κ3) is 4.76. The molecule has 0 fully saturated rings. The van der Waals surface area contributed by atoms with E-state index in [1.807, 2.05) is 38.1 Å². The Morgan fingerprint density at radius 1 is 1.15 bits per heavy atom. The van der Waals surface area contributed by atoms with Crippen LogP contribution in [0.2, 0.25) is 0 Å². The summed E-state index contributed by atoms with van der Waals surface area (Å²) in [5.41, 5.74) is 1.57. The monoisotopic (exact) mass is 376 g/mol. The van der Waals surface area contributed by atoms with Crippen molar-refractivity contribution in [3.8, 4) is 5.75 Å². The zero-order valence-electron chi connectivity index (χ0n) is 15.4. The van der Waals surface area contributed by atoms with Gasteiger partial charge < -0.3 is 10.1 Å². The van der Waals surface area contributed by atoms with Crippen LogP contribution in [-0.2, 0) is 10.0 Å². The second-order valence-electron chi connectivity index (χ2n) is 5.94. The third-order valence-electron chi connectivity index (χ3n) is 4.02. The Morgan fingerprint density at radius 2 is 1.77 bits per heavy atom. The molecule has 140 valence electrons. The van der Waals surface area contributed by atoms with Crippen LogP contribution in [-0.4, -0.2) is 34.2 Å². The first-order valence-corrected chi connectivity index (χ1v) is 10.2. The molecule has 0 saturated heterocycles. The van der Waals surface area contributed by atoms with Crippen molar-refractivity contribution in [1.82, 2.24) is 5.32 Å². The number of carbonyl (C=O) groups excluding carboxylic acids is 1. The SMILES string of the molecule is CCOc1ccc(C(C)NC(=O)c2ccccc2N(C)S(C)(=O)=O)cc1. The fourth-order valence-corrected chi connectivity index (χ4v) is 3.01. The summed E-state index contributed by atoms with van der Waals surface area (Å²) in [7, 11) is -2.04. The lowest BCUT2D eigenvalue weighted by atomic mass is 10.1. The molecule has 1 amide bonds. The zero-order chi connectivity index (χ0) is 19.3. The lowest BCUT2D eigenvalue weighted by Crippen LogP contribution is -2.31. The van der Waals surface area contributed by atoms with Gasteiger partial charge >= 0.3 is 0 Å². The van der Waals surface area contributed by atoms with Crippen molar-refractivity contribution in [2.75, 3.05) is 24.2 Å². The molecule has 1 N–H and O–H groups in total. The number of hydrogen-bond donors (Lipinski definition) is 1. The Balaban J connectivity index is 2.19. The van der Waals surface area contributed by atoms with Crippen molar-refractivity contribution in [3.05, 3.63) is 59.7 Å². The van der Waals surface area contributed by atoms with Gasteiger partial charge in [0, 0.05) is 7.05 Å². The van der Waals surface area contributed by atoms with E-state index in [-0.39, 0.29) is 11.9 Å². The highest BCUT2D eigenvalue weighted by Gasteiger charge is 2.20. The van der Waals surface area contributed by atoms with Gasteiger partial charge in [0.2, 0.25) is 10.0 Å². The maximum absolute atomic E-state index is 12.7. The highest BCUT2D eigenvalue weighted by molar-refractivity contribution is 7.92. The molecule has 0 heterocycles. The molecule has 2 aromatic rings. The van der Waals surface area contributed by atoms with Crippen LogP contribution in [0, 0.1) is 0 Å². The van der Waals surface area contributed by atoms with Crippen LogP contribution in [0.15, 0.2) is 48.5 Å². The number of carbonyl (C=O) groups is 1. The molecule has 0 aliphatic carbocycles. The van der Waals surface area contributed by atoms with Crippen LogP contribution < -0.4 is 14.4 Å². The van der Waals surface area contributed by atoms with Gasteiger partial charge in [-0.25, -0.2) is 8.42 Å². The van der Waals surface area contributed by atoms with E-state index < -0.39 is 10.0 Å². The van der Waals surface area contributed by atoms with Crippen molar-refractivity contribution < 1.29 is 17.9 Å². The molecule has 6 nitrogen and oxygen atoms in total. The number of anilines is 1. The summed E-state index contributed by atoms with van der Waals surface area (Å²) < 4.78 is 30.2. The highest BCUT2D eigenvalue weighted by Crippen LogP contribution is 2.23. The second kappa shape index (κ2) is 8.23. The standard InChI is InChI=1S/C19H24N2O4S/c1-5-25-16-12-10-15(11-13-16)14(2)20-19(22)17-8-6-7-9-18(17)21(3)26(4,23)24/h6-14H,5H2,1-4H3,(H,20,22). The molecule has 2 rings (SSSR count). The first kappa shape index (κ1) is 19.8. The molecule has 0 aliphatic heterocycles. The van der Waals surface area contributed by atoms with E-state index in [0.717, 1.165) is 21.9 Å². The number of nitrogens with zero attached hydrogens (tertiary/aromatic N) is 1. The van der Waals surface area contributed by atoms with Gasteiger partial charge in [0.15, 0.2) is 0 Å². The maximum Gasteiger partial charge on any atom is 0.253 e. The predicted molar refractivity (Wildman–Crippen MR) is 103 cm³/mol. The van der Waals surface area contributed by atoms with Crippen LogP contribution in [0.1, 0.15) is 35.8 Å². The van der Waals surface area contributed by atoms with Gasteiger partial charge in [0.05, 0.1) is 30.2 Å². The molecule has 26 heavy (non-hydrogen) atoms. The normalized spacial score (nSPS) is 12.3. The number of nitrogens with one attached hydrogen (secondary N) is 1. The molecule has 0 spiro atoms. The summed E-state index contributed by atoms with van der Waals surface area (Å²) in [6.07, 6.45) is 1.10. The van der Waals surface area contributed by atoms with Crippen LogP contribution >= 0.6 is 0 Å². The number of rotatable bonds is 7. The number of ether oxygens (including phenoxy) is 1. The number of benzene rings is 2. The van der Waals surface area contributed by atoms with E-state index in [1.54, 1.807) is 24.3 Å². The minimum atomic E-state index is -3.46. The summed E-state index contributed by atoms with van der Waals surface area (Å²) in [5, 5.41) is 2.91. The third-order valence-corrected chi connectivity index (χ3v) is 5.22. The van der Waals surface area contributed by atoms with E-state index in [9.17, 15) is 13.2 Å². The predicted octanol–water partition coefficient (Wildman–Crippen LogP) is 2.97. The van der Waals surface area contributed by atoms with Crippen molar-refractivity contribution in [2.24, 2.45) is 0 Å². The summed E-state index contributed by atoms with van der Waals surface area (Å²) in [6.45, 7) is 4.38. The summed E-state index contributed by atoms with van der Waals surface area (Å²) in [5.74, 6) is 0.437. The Kier molecular flexibility index (Phi) is 6.26. The quantitative estimate of drug-likeness (QED) is 0.806. The van der Waals surface area contributed by atoms with Crippen molar-refractivity contribution in [3.63, 3.8) is 0 Å². The number of hydrogen-bond acceptors (Lipinski definition) is 4. The summed E-state index contributed by atoms with van der Waals surface area (Å²) in [4.78, 5) is 12.7. The molecule has 0 saturated carbocycles. The molecule has 1 unspecified atom stereocenters. The largest absolute Gasteiger partial charge is 0.494 e. The fraction of sp³-hybridized carbons (Fsp3) is 0.316. The van der Waals surface area contributed by atoms with Gasteiger partial charge in [-0.15, -0.1) is 0 Å². The molecular formula is C19H24N2O4S. The molecule has 0 bridgehead atoms. The van der Waals surface area contributed by atoms with Gasteiger partial charge in [-0.1, -0.05) is 24.3 Å². The average molecular weight is 376 g/mol. The van der Waals surface area contributed by atoms with E-state index in [2.05, 4.69) is 5.32 Å². The molecule has 7 heteroatoms. The molecule has 2 aromatic carbocycles. The number of para-hydroxylation sites is 1. The van der Waals surface area contributed by atoms with Crippen LogP contribution in [0.5, 0.6) is 5.75 Å². The molecule has 0 aliphatic rings. The lowest BCUT2D eigenvalue weighted by molar-refractivity contribution is 0.0940.